The molecule has 0 fully saturated rings. The maximum Gasteiger partial charge on any atom is 0.338 e. The lowest BCUT2D eigenvalue weighted by molar-refractivity contribution is 0.0697. The topological polar surface area (TPSA) is 50.2 Å². The molecule has 0 atom stereocenters. The first-order chi connectivity index (χ1) is 8.30. The van der Waals surface area contributed by atoms with Gasteiger partial charge in [-0.2, -0.15) is 0 Å². The first-order valence-corrected chi connectivity index (χ1v) is 6.01. The molecule has 18 heavy (non-hydrogen) atoms. The zero-order valence-electron chi connectivity index (χ0n) is 10.5. The number of halogens is 1. The summed E-state index contributed by atoms with van der Waals surface area (Å²) in [6.07, 6.45) is 0. The quantitative estimate of drug-likeness (QED) is 0.794. The monoisotopic (exact) mass is 263 g/mol. The number of pyridine rings is 1. The molecule has 1 N–H and O–H groups in total. The van der Waals surface area contributed by atoms with E-state index >= 15 is 0 Å². The maximum atomic E-state index is 11.0. The Labute approximate surface area is 110 Å². The maximum absolute atomic E-state index is 11.0. The number of aromatic nitrogens is 1. The second-order valence-electron chi connectivity index (χ2n) is 5.26. The van der Waals surface area contributed by atoms with Gasteiger partial charge in [0.1, 0.15) is 5.15 Å². The second-order valence-corrected chi connectivity index (χ2v) is 5.62. The lowest BCUT2D eigenvalue weighted by Gasteiger charge is -2.20. The van der Waals surface area contributed by atoms with Gasteiger partial charge in [-0.25, -0.2) is 9.78 Å². The van der Waals surface area contributed by atoms with Gasteiger partial charge in [-0.15, -0.1) is 0 Å². The summed E-state index contributed by atoms with van der Waals surface area (Å²) >= 11 is 5.93. The van der Waals surface area contributed by atoms with Crippen molar-refractivity contribution in [3.63, 3.8) is 0 Å². The number of carboxylic acid groups (broad SMARTS) is 1. The molecule has 94 valence electrons. The largest absolute Gasteiger partial charge is 0.478 e. The summed E-state index contributed by atoms with van der Waals surface area (Å²) in [6.45, 7) is 6.26. The minimum Gasteiger partial charge on any atom is -0.478 e. The average Bonchev–Trinajstić information content (AvgIpc) is 2.25. The van der Waals surface area contributed by atoms with Gasteiger partial charge in [0.25, 0.3) is 0 Å². The molecule has 2 aromatic rings. The third-order valence-electron chi connectivity index (χ3n) is 2.84. The first-order valence-electron chi connectivity index (χ1n) is 5.64. The van der Waals surface area contributed by atoms with E-state index in [1.807, 2.05) is 18.2 Å². The number of nitrogens with zero attached hydrogens (tertiary/aromatic N) is 1. The van der Waals surface area contributed by atoms with E-state index < -0.39 is 5.97 Å². The molecule has 1 aromatic heterocycles. The number of fused-ring (bicyclic) bond motifs is 1. The van der Waals surface area contributed by atoms with Crippen LogP contribution in [0.2, 0.25) is 5.15 Å². The van der Waals surface area contributed by atoms with Gasteiger partial charge in [0.2, 0.25) is 0 Å². The van der Waals surface area contributed by atoms with Crippen molar-refractivity contribution in [1.82, 2.24) is 4.98 Å². The highest BCUT2D eigenvalue weighted by atomic mass is 35.5. The highest BCUT2D eigenvalue weighted by molar-refractivity contribution is 6.32. The van der Waals surface area contributed by atoms with E-state index in [9.17, 15) is 4.79 Å². The molecule has 3 nitrogen and oxygen atoms in total. The molecule has 0 bridgehead atoms. The predicted octanol–water partition coefficient (Wildman–Crippen LogP) is 3.88. The van der Waals surface area contributed by atoms with E-state index in [1.165, 1.54) is 0 Å². The number of benzene rings is 1. The fourth-order valence-corrected chi connectivity index (χ4v) is 2.15. The van der Waals surface area contributed by atoms with E-state index in [2.05, 4.69) is 25.8 Å². The van der Waals surface area contributed by atoms with E-state index in [4.69, 9.17) is 16.7 Å². The Morgan fingerprint density at radius 3 is 2.56 bits per heavy atom. The fraction of sp³-hybridized carbons (Fsp3) is 0.286. The lowest BCUT2D eigenvalue weighted by atomic mass is 9.85. The summed E-state index contributed by atoms with van der Waals surface area (Å²) < 4.78 is 0. The molecular formula is C14H14ClNO2. The second kappa shape index (κ2) is 4.25. The molecule has 0 unspecified atom stereocenters. The Morgan fingerprint density at radius 1 is 1.33 bits per heavy atom. The number of carboxylic acids is 1. The number of aromatic carboxylic acids is 1. The number of para-hydroxylation sites is 1. The molecular weight excluding hydrogens is 250 g/mol. The predicted molar refractivity (Wildman–Crippen MR) is 72.4 cm³/mol. The molecule has 0 amide bonds. The smallest absolute Gasteiger partial charge is 0.338 e. The van der Waals surface area contributed by atoms with Crippen LogP contribution < -0.4 is 0 Å². The molecule has 0 radical (unpaired) electrons. The minimum absolute atomic E-state index is 0.0340. The molecule has 2 rings (SSSR count). The third-order valence-corrected chi connectivity index (χ3v) is 3.13. The fourth-order valence-electron chi connectivity index (χ4n) is 1.93. The molecule has 0 aliphatic carbocycles. The summed E-state index contributed by atoms with van der Waals surface area (Å²) in [5.41, 5.74) is 1.79. The minimum atomic E-state index is -1.06. The third kappa shape index (κ3) is 2.18. The van der Waals surface area contributed by atoms with Crippen LogP contribution in [0.5, 0.6) is 0 Å². The Bertz CT molecular complexity index is 629. The molecule has 4 heteroatoms. The Morgan fingerprint density at radius 2 is 2.00 bits per heavy atom. The molecule has 0 aliphatic rings. The summed E-state index contributed by atoms with van der Waals surface area (Å²) in [5, 5.41) is 9.86. The van der Waals surface area contributed by atoms with Gasteiger partial charge in [0.05, 0.1) is 11.1 Å². The Hall–Kier alpha value is -1.61. The highest BCUT2D eigenvalue weighted by Crippen LogP contribution is 2.30. The van der Waals surface area contributed by atoms with Crippen LogP contribution in [0.1, 0.15) is 36.7 Å². The van der Waals surface area contributed by atoms with Crippen LogP contribution in [-0.2, 0) is 5.41 Å². The van der Waals surface area contributed by atoms with Crippen molar-refractivity contribution < 1.29 is 9.90 Å². The van der Waals surface area contributed by atoms with Gasteiger partial charge in [0.15, 0.2) is 0 Å². The van der Waals surface area contributed by atoms with Gasteiger partial charge in [-0.05, 0) is 17.0 Å². The van der Waals surface area contributed by atoms with E-state index in [0.29, 0.717) is 0 Å². The van der Waals surface area contributed by atoms with Gasteiger partial charge >= 0.3 is 5.97 Å². The first kappa shape index (κ1) is 12.8. The van der Waals surface area contributed by atoms with Crippen LogP contribution in [0, 0.1) is 0 Å². The van der Waals surface area contributed by atoms with Crippen LogP contribution >= 0.6 is 11.6 Å². The van der Waals surface area contributed by atoms with Crippen LogP contribution in [0.25, 0.3) is 10.9 Å². The van der Waals surface area contributed by atoms with E-state index in [0.717, 1.165) is 16.5 Å². The van der Waals surface area contributed by atoms with Crippen molar-refractivity contribution in [2.45, 2.75) is 26.2 Å². The number of hydrogen-bond donors (Lipinski definition) is 1. The van der Waals surface area contributed by atoms with E-state index in [1.54, 1.807) is 6.07 Å². The molecule has 0 saturated heterocycles. The zero-order valence-corrected chi connectivity index (χ0v) is 11.2. The molecule has 1 aromatic carbocycles. The summed E-state index contributed by atoms with van der Waals surface area (Å²) in [4.78, 5) is 15.3. The molecule has 0 aliphatic heterocycles. The van der Waals surface area contributed by atoms with Crippen LogP contribution in [0.4, 0.5) is 0 Å². The molecule has 1 heterocycles. The number of hydrogen-bond acceptors (Lipinski definition) is 2. The summed E-state index contributed by atoms with van der Waals surface area (Å²) in [6, 6.07) is 7.32. The van der Waals surface area contributed by atoms with Crippen molar-refractivity contribution in [3.05, 3.63) is 40.5 Å². The van der Waals surface area contributed by atoms with Crippen LogP contribution in [0.15, 0.2) is 24.3 Å². The standard InChI is InChI=1S/C14H14ClNO2/c1-14(2,3)10-6-4-5-8-7-9(13(17)18)12(15)16-11(8)10/h4-7H,1-3H3,(H,17,18). The van der Waals surface area contributed by atoms with Crippen molar-refractivity contribution in [3.8, 4) is 0 Å². The SMILES string of the molecule is CC(C)(C)c1cccc2cc(C(=O)O)c(Cl)nc12. The molecule has 0 spiro atoms. The van der Waals surface area contributed by atoms with Crippen LogP contribution in [-0.4, -0.2) is 16.1 Å². The highest BCUT2D eigenvalue weighted by Gasteiger charge is 2.19. The average molecular weight is 264 g/mol. The van der Waals surface area contributed by atoms with Gasteiger partial charge in [0, 0.05) is 5.39 Å². The summed E-state index contributed by atoms with van der Waals surface area (Å²) in [7, 11) is 0. The Balaban J connectivity index is 2.81. The van der Waals surface area contributed by atoms with Gasteiger partial charge in [-0.3, -0.25) is 0 Å². The number of rotatable bonds is 1. The Kier molecular flexibility index (Phi) is 3.03. The van der Waals surface area contributed by atoms with Crippen molar-refractivity contribution in [2.24, 2.45) is 0 Å². The van der Waals surface area contributed by atoms with Crippen LogP contribution in [0.3, 0.4) is 0 Å². The lowest BCUT2D eigenvalue weighted by Crippen LogP contribution is -2.12. The summed E-state index contributed by atoms with van der Waals surface area (Å²) in [5.74, 6) is -1.06. The number of carbonyl (C=O) groups is 1. The van der Waals surface area contributed by atoms with Gasteiger partial charge in [-0.1, -0.05) is 50.6 Å². The van der Waals surface area contributed by atoms with E-state index in [-0.39, 0.29) is 16.1 Å². The normalized spacial score (nSPS) is 11.8. The van der Waals surface area contributed by atoms with Crippen molar-refractivity contribution in [1.29, 1.82) is 0 Å². The molecule has 0 saturated carbocycles. The van der Waals surface area contributed by atoms with Crippen molar-refractivity contribution >= 4 is 28.5 Å². The van der Waals surface area contributed by atoms with Gasteiger partial charge < -0.3 is 5.11 Å². The van der Waals surface area contributed by atoms with Crippen molar-refractivity contribution in [2.75, 3.05) is 0 Å². The zero-order chi connectivity index (χ0) is 13.5.